The number of nitrogens with one attached hydrogen (secondary N) is 4. The number of carbonyl (C=O) groups excluding carboxylic acids is 2. The molecule has 3 amide bonds. The van der Waals surface area contributed by atoms with Crippen LogP contribution in [0.1, 0.15) is 29.4 Å². The van der Waals surface area contributed by atoms with Crippen molar-refractivity contribution in [1.82, 2.24) is 35.4 Å². The second-order valence-electron chi connectivity index (χ2n) is 10.7. The molecule has 0 radical (unpaired) electrons. The van der Waals surface area contributed by atoms with Gasteiger partial charge in [0, 0.05) is 85.6 Å². The molecule has 1 aliphatic rings. The Morgan fingerprint density at radius 3 is 2.56 bits per heavy atom. The third-order valence-electron chi connectivity index (χ3n) is 7.45. The van der Waals surface area contributed by atoms with Gasteiger partial charge in [-0.2, -0.15) is 13.2 Å². The van der Waals surface area contributed by atoms with Crippen LogP contribution in [0.25, 0.3) is 32.6 Å². The van der Waals surface area contributed by atoms with Crippen molar-refractivity contribution >= 4 is 40.0 Å². The lowest BCUT2D eigenvalue weighted by molar-refractivity contribution is -0.140. The maximum Gasteiger partial charge on any atom is 0.434 e. The maximum absolute atomic E-state index is 13.4. The van der Waals surface area contributed by atoms with Crippen molar-refractivity contribution in [2.24, 2.45) is 0 Å². The van der Waals surface area contributed by atoms with E-state index in [1.165, 1.54) is 18.5 Å². The predicted octanol–water partition coefficient (Wildman–Crippen LogP) is 4.24. The average molecular weight is 643 g/mol. The van der Waals surface area contributed by atoms with Gasteiger partial charge >= 0.3 is 12.2 Å². The number of aromatic nitrogens is 3. The standard InChI is InChI=1S/C30H33F3N8O3S/c1-3-6-35-29(44)39-25-14-20(28-38-24(17-45-28)30(31,32)33)21(15-37-25)18-4-5-19-23(13-18)36-16-22(26(19)42)27(43)34-7-8-41-11-9-40(2)10-12-41/h4-5,13-17H,3,6-12H2,1-2H3,(H,34,43)(H,36,42)(H2,35,37,39,44). The maximum atomic E-state index is 13.4. The summed E-state index contributed by atoms with van der Waals surface area (Å²) < 4.78 is 40.1. The van der Waals surface area contributed by atoms with Gasteiger partial charge in [-0.3, -0.25) is 19.8 Å². The molecule has 4 N–H and O–H groups in total. The zero-order valence-corrected chi connectivity index (χ0v) is 25.6. The molecule has 0 spiro atoms. The third-order valence-corrected chi connectivity index (χ3v) is 8.33. The van der Waals surface area contributed by atoms with Crippen molar-refractivity contribution in [2.75, 3.05) is 58.2 Å². The Morgan fingerprint density at radius 2 is 1.84 bits per heavy atom. The predicted molar refractivity (Wildman–Crippen MR) is 167 cm³/mol. The molecular formula is C30H33F3N8O3S. The molecule has 45 heavy (non-hydrogen) atoms. The number of H-pyrrole nitrogens is 1. The molecule has 1 aliphatic heterocycles. The number of urea groups is 1. The first kappa shape index (κ1) is 32.1. The van der Waals surface area contributed by atoms with Gasteiger partial charge in [0.1, 0.15) is 16.4 Å². The molecule has 0 unspecified atom stereocenters. The molecule has 5 rings (SSSR count). The summed E-state index contributed by atoms with van der Waals surface area (Å²) in [7, 11) is 2.07. The smallest absolute Gasteiger partial charge is 0.360 e. The molecule has 4 heterocycles. The van der Waals surface area contributed by atoms with Crippen molar-refractivity contribution < 1.29 is 22.8 Å². The molecule has 0 bridgehead atoms. The fourth-order valence-electron chi connectivity index (χ4n) is 4.91. The minimum absolute atomic E-state index is 0.0183. The minimum atomic E-state index is -4.62. The fourth-order valence-corrected chi connectivity index (χ4v) is 5.77. The summed E-state index contributed by atoms with van der Waals surface area (Å²) in [6.07, 6.45) is -1.12. The number of likely N-dealkylation sites (N-methyl/N-ethyl adjacent to an activating group) is 1. The van der Waals surface area contributed by atoms with Gasteiger partial charge in [0.2, 0.25) is 5.43 Å². The van der Waals surface area contributed by atoms with Crippen LogP contribution in [0.5, 0.6) is 0 Å². The highest BCUT2D eigenvalue weighted by atomic mass is 32.1. The van der Waals surface area contributed by atoms with Crippen LogP contribution in [0.2, 0.25) is 0 Å². The quantitative estimate of drug-likeness (QED) is 0.215. The second-order valence-corrected chi connectivity index (χ2v) is 11.6. The van der Waals surface area contributed by atoms with Crippen molar-refractivity contribution in [3.8, 4) is 21.7 Å². The fraction of sp³-hybridized carbons (Fsp3) is 0.367. The van der Waals surface area contributed by atoms with Gasteiger partial charge in [-0.15, -0.1) is 11.3 Å². The second kappa shape index (κ2) is 13.7. The number of rotatable bonds is 9. The van der Waals surface area contributed by atoms with E-state index in [9.17, 15) is 27.6 Å². The molecule has 1 aromatic carbocycles. The van der Waals surface area contributed by atoms with E-state index in [4.69, 9.17) is 0 Å². The van der Waals surface area contributed by atoms with E-state index in [0.717, 1.165) is 49.3 Å². The summed E-state index contributed by atoms with van der Waals surface area (Å²) in [6.45, 7) is 7.20. The van der Waals surface area contributed by atoms with Crippen LogP contribution in [0, 0.1) is 0 Å². The Labute approximate surface area is 260 Å². The molecule has 238 valence electrons. The number of thiazole rings is 1. The van der Waals surface area contributed by atoms with Crippen LogP contribution < -0.4 is 21.4 Å². The van der Waals surface area contributed by atoms with Crippen molar-refractivity contribution in [2.45, 2.75) is 19.5 Å². The lowest BCUT2D eigenvalue weighted by Crippen LogP contribution is -2.47. The van der Waals surface area contributed by atoms with Crippen LogP contribution >= 0.6 is 11.3 Å². The minimum Gasteiger partial charge on any atom is -0.360 e. The number of pyridine rings is 2. The Bertz CT molecular complexity index is 1750. The SMILES string of the molecule is CCCNC(=O)Nc1cc(-c2nc(C(F)(F)F)cs2)c(-c2ccc3c(=O)c(C(=O)NCCN4CCN(C)CC4)c[nH]c3c2)cn1. The molecule has 0 aliphatic carbocycles. The van der Waals surface area contributed by atoms with Gasteiger partial charge in [0.05, 0.1) is 0 Å². The number of benzene rings is 1. The number of amides is 3. The first-order valence-corrected chi connectivity index (χ1v) is 15.3. The highest BCUT2D eigenvalue weighted by Crippen LogP contribution is 2.38. The van der Waals surface area contributed by atoms with E-state index < -0.39 is 29.2 Å². The van der Waals surface area contributed by atoms with Crippen LogP contribution in [0.15, 0.2) is 46.8 Å². The largest absolute Gasteiger partial charge is 0.434 e. The zero-order chi connectivity index (χ0) is 32.1. The highest BCUT2D eigenvalue weighted by Gasteiger charge is 2.34. The van der Waals surface area contributed by atoms with Gasteiger partial charge in [-0.1, -0.05) is 13.0 Å². The first-order valence-electron chi connectivity index (χ1n) is 14.5. The van der Waals surface area contributed by atoms with E-state index in [-0.39, 0.29) is 21.8 Å². The number of fused-ring (bicyclic) bond motifs is 1. The van der Waals surface area contributed by atoms with E-state index >= 15 is 0 Å². The van der Waals surface area contributed by atoms with Crippen LogP contribution in [0.3, 0.4) is 0 Å². The number of anilines is 1. The first-order chi connectivity index (χ1) is 21.5. The summed E-state index contributed by atoms with van der Waals surface area (Å²) in [6, 6.07) is 5.81. The Hall–Kier alpha value is -4.34. The van der Waals surface area contributed by atoms with Crippen molar-refractivity contribution in [3.63, 3.8) is 0 Å². The van der Waals surface area contributed by atoms with Crippen molar-refractivity contribution in [1.29, 1.82) is 0 Å². The molecule has 11 nitrogen and oxygen atoms in total. The summed E-state index contributed by atoms with van der Waals surface area (Å²) in [5.74, 6) is -0.346. The number of halogens is 3. The average Bonchev–Trinajstić information content (AvgIpc) is 3.52. The van der Waals surface area contributed by atoms with Crippen LogP contribution in [0.4, 0.5) is 23.8 Å². The molecule has 15 heteroatoms. The molecule has 0 atom stereocenters. The van der Waals surface area contributed by atoms with Crippen LogP contribution in [-0.2, 0) is 6.18 Å². The molecule has 3 aromatic heterocycles. The van der Waals surface area contributed by atoms with E-state index in [0.29, 0.717) is 41.8 Å². The molecule has 0 saturated carbocycles. The van der Waals surface area contributed by atoms with Gasteiger partial charge in [0.15, 0.2) is 5.69 Å². The monoisotopic (exact) mass is 642 g/mol. The molecule has 4 aromatic rings. The molecule has 1 saturated heterocycles. The van der Waals surface area contributed by atoms with Gasteiger partial charge in [-0.05, 0) is 37.2 Å². The Balaban J connectivity index is 1.41. The summed E-state index contributed by atoms with van der Waals surface area (Å²) in [5, 5.41) is 9.36. The van der Waals surface area contributed by atoms with Gasteiger partial charge < -0.3 is 20.5 Å². The highest BCUT2D eigenvalue weighted by molar-refractivity contribution is 7.13. The number of nitrogens with zero attached hydrogens (tertiary/aromatic N) is 4. The van der Waals surface area contributed by atoms with Gasteiger partial charge in [0.25, 0.3) is 5.91 Å². The van der Waals surface area contributed by atoms with Crippen molar-refractivity contribution in [3.05, 3.63) is 63.5 Å². The summed E-state index contributed by atoms with van der Waals surface area (Å²) >= 11 is 0.812. The van der Waals surface area contributed by atoms with Gasteiger partial charge in [-0.25, -0.2) is 14.8 Å². The Kier molecular flexibility index (Phi) is 9.80. The number of hydrogen-bond donors (Lipinski definition) is 4. The number of aromatic amines is 1. The molecular weight excluding hydrogens is 609 g/mol. The zero-order valence-electron chi connectivity index (χ0n) is 24.8. The van der Waals surface area contributed by atoms with E-state index in [1.807, 2.05) is 6.92 Å². The topological polar surface area (TPSA) is 135 Å². The summed E-state index contributed by atoms with van der Waals surface area (Å²) in [5.41, 5.74) is 0.218. The van der Waals surface area contributed by atoms with Crippen LogP contribution in [-0.4, -0.2) is 89.6 Å². The lowest BCUT2D eigenvalue weighted by Gasteiger charge is -2.32. The summed E-state index contributed by atoms with van der Waals surface area (Å²) in [4.78, 5) is 53.9. The lowest BCUT2D eigenvalue weighted by atomic mass is 10.00. The number of piperazine rings is 1. The number of alkyl halides is 3. The normalized spacial score (nSPS) is 14.4. The number of carbonyl (C=O) groups is 2. The number of hydrogen-bond acceptors (Lipinski definition) is 8. The Morgan fingerprint density at radius 1 is 1.07 bits per heavy atom. The molecule has 1 fully saturated rings. The third kappa shape index (κ3) is 7.67. The van der Waals surface area contributed by atoms with E-state index in [2.05, 4.69) is 47.7 Å². The van der Waals surface area contributed by atoms with E-state index in [1.54, 1.807) is 18.2 Å².